The molecule has 3 aromatic rings. The lowest BCUT2D eigenvalue weighted by atomic mass is 9.97. The van der Waals surface area contributed by atoms with Crippen molar-refractivity contribution in [2.45, 2.75) is 46.0 Å². The van der Waals surface area contributed by atoms with Gasteiger partial charge < -0.3 is 35.6 Å². The first kappa shape index (κ1) is 31.1. The number of piperidine rings is 1. The van der Waals surface area contributed by atoms with E-state index in [1.54, 1.807) is 10.6 Å². The maximum absolute atomic E-state index is 12.9. The number of carboxylic acid groups (broad SMARTS) is 1. The summed E-state index contributed by atoms with van der Waals surface area (Å²) in [6.07, 6.45) is 0.871. The summed E-state index contributed by atoms with van der Waals surface area (Å²) in [6, 6.07) is 10.6. The molecular weight excluding hydrogens is 556 g/mol. The van der Waals surface area contributed by atoms with Gasteiger partial charge in [0, 0.05) is 43.6 Å². The number of carboxylic acids is 1. The topological polar surface area (TPSA) is 179 Å². The molecule has 0 bridgehead atoms. The number of benzene rings is 2. The van der Waals surface area contributed by atoms with Gasteiger partial charge in [0.25, 0.3) is 5.91 Å². The van der Waals surface area contributed by atoms with Crippen molar-refractivity contribution >= 4 is 23.7 Å². The Bertz CT molecular complexity index is 1450. The van der Waals surface area contributed by atoms with E-state index >= 15 is 0 Å². The summed E-state index contributed by atoms with van der Waals surface area (Å²) < 4.78 is 6.84. The minimum Gasteiger partial charge on any atom is -0.508 e. The van der Waals surface area contributed by atoms with E-state index in [4.69, 9.17) is 9.84 Å². The third kappa shape index (κ3) is 7.53. The minimum absolute atomic E-state index is 0.0189. The number of carbonyl (C=O) groups is 3. The third-order valence-electron chi connectivity index (χ3n) is 7.36. The quantitative estimate of drug-likeness (QED) is 0.220. The van der Waals surface area contributed by atoms with Crippen LogP contribution in [0, 0.1) is 5.92 Å². The Hall–Kier alpha value is -4.81. The van der Waals surface area contributed by atoms with Gasteiger partial charge in [-0.25, -0.2) is 4.79 Å². The summed E-state index contributed by atoms with van der Waals surface area (Å²) >= 11 is 0. The normalized spacial score (nSPS) is 13.6. The molecule has 0 unspecified atom stereocenters. The van der Waals surface area contributed by atoms with Gasteiger partial charge in [-0.3, -0.25) is 14.2 Å². The van der Waals surface area contributed by atoms with Crippen LogP contribution < -0.4 is 15.5 Å². The number of aromatic nitrogens is 3. The fourth-order valence-electron chi connectivity index (χ4n) is 5.01. The van der Waals surface area contributed by atoms with Crippen molar-refractivity contribution in [2.24, 2.45) is 5.92 Å². The lowest BCUT2D eigenvalue weighted by Gasteiger charge is -2.33. The number of hydrogen-bond donors (Lipinski definition) is 5. The number of alkyl carbamates (subject to hydrolysis) is 1. The maximum atomic E-state index is 12.9. The first-order chi connectivity index (χ1) is 20.6. The molecular formula is C30H38N6O7. The van der Waals surface area contributed by atoms with Crippen LogP contribution in [0.1, 0.15) is 62.1 Å². The van der Waals surface area contributed by atoms with Crippen molar-refractivity contribution < 1.29 is 34.4 Å². The standard InChI is InChI=1S/C30H38N6O7/c1-4-31-29(41)28-34-33-27(23-15-22(18(2)3)24(37)16-25(23)38)36(28)21-7-5-20(6-8-21)35-13-10-19(11-14-35)17-43-30(42)32-12-9-26(39)40/h5-8,15-16,18-19,37-38H,4,9-14,17H2,1-3H3,(H,31,41)(H,32,42)(H,39,40). The lowest BCUT2D eigenvalue weighted by Crippen LogP contribution is -2.36. The van der Waals surface area contributed by atoms with E-state index < -0.39 is 18.0 Å². The van der Waals surface area contributed by atoms with Crippen molar-refractivity contribution in [3.8, 4) is 28.6 Å². The molecule has 1 saturated heterocycles. The number of amides is 2. The SMILES string of the molecule is CCNC(=O)c1nnc(-c2cc(C(C)C)c(O)cc2O)n1-c1ccc(N2CCC(COC(=O)NCCC(=O)O)CC2)cc1. The van der Waals surface area contributed by atoms with Crippen LogP contribution >= 0.6 is 0 Å². The molecule has 230 valence electrons. The molecule has 0 radical (unpaired) electrons. The molecule has 1 aromatic heterocycles. The summed E-state index contributed by atoms with van der Waals surface area (Å²) in [4.78, 5) is 37.5. The molecule has 5 N–H and O–H groups in total. The molecule has 4 rings (SSSR count). The van der Waals surface area contributed by atoms with Crippen LogP contribution in [0.3, 0.4) is 0 Å². The number of hydrogen-bond acceptors (Lipinski definition) is 9. The van der Waals surface area contributed by atoms with Crippen LogP contribution in [-0.4, -0.2) is 80.8 Å². The molecule has 0 spiro atoms. The Morgan fingerprint density at radius 3 is 2.30 bits per heavy atom. The molecule has 1 aliphatic rings. The van der Waals surface area contributed by atoms with E-state index in [1.165, 1.54) is 6.07 Å². The van der Waals surface area contributed by atoms with E-state index in [0.29, 0.717) is 23.4 Å². The molecule has 2 aromatic carbocycles. The van der Waals surface area contributed by atoms with E-state index in [0.717, 1.165) is 31.6 Å². The molecule has 1 fully saturated rings. The van der Waals surface area contributed by atoms with Crippen molar-refractivity contribution in [3.05, 3.63) is 47.8 Å². The average Bonchev–Trinajstić information content (AvgIpc) is 3.41. The van der Waals surface area contributed by atoms with Gasteiger partial charge in [0.05, 0.1) is 18.6 Å². The second kappa shape index (κ2) is 13.9. The molecule has 2 heterocycles. The number of phenolic OH excluding ortho intramolecular Hbond substituents is 2. The number of aromatic hydroxyl groups is 2. The largest absolute Gasteiger partial charge is 0.508 e. The molecule has 0 aliphatic carbocycles. The van der Waals surface area contributed by atoms with Gasteiger partial charge >= 0.3 is 12.1 Å². The highest BCUT2D eigenvalue weighted by Crippen LogP contribution is 2.38. The Morgan fingerprint density at radius 1 is 1.00 bits per heavy atom. The zero-order valence-corrected chi connectivity index (χ0v) is 24.5. The number of aliphatic carboxylic acids is 1. The van der Waals surface area contributed by atoms with Crippen LogP contribution in [0.4, 0.5) is 10.5 Å². The first-order valence-electron chi connectivity index (χ1n) is 14.4. The predicted octanol–water partition coefficient (Wildman–Crippen LogP) is 3.64. The van der Waals surface area contributed by atoms with Crippen molar-refractivity contribution in [2.75, 3.05) is 37.7 Å². The summed E-state index contributed by atoms with van der Waals surface area (Å²) in [6.45, 7) is 7.88. The number of rotatable bonds is 11. The number of anilines is 1. The van der Waals surface area contributed by atoms with Gasteiger partial charge in [0.1, 0.15) is 11.5 Å². The number of nitrogens with zero attached hydrogens (tertiary/aromatic N) is 4. The summed E-state index contributed by atoms with van der Waals surface area (Å²) in [5, 5.41) is 43.3. The van der Waals surface area contributed by atoms with E-state index in [-0.39, 0.29) is 54.6 Å². The van der Waals surface area contributed by atoms with Gasteiger partial charge in [0.15, 0.2) is 5.82 Å². The van der Waals surface area contributed by atoms with Crippen LogP contribution in [0.5, 0.6) is 11.5 Å². The summed E-state index contributed by atoms with van der Waals surface area (Å²) in [5.41, 5.74) is 2.58. The molecule has 13 heteroatoms. The fraction of sp³-hybridized carbons (Fsp3) is 0.433. The van der Waals surface area contributed by atoms with Crippen LogP contribution in [0.25, 0.3) is 17.1 Å². The van der Waals surface area contributed by atoms with Crippen LogP contribution in [-0.2, 0) is 9.53 Å². The van der Waals surface area contributed by atoms with Gasteiger partial charge in [-0.2, -0.15) is 0 Å². The van der Waals surface area contributed by atoms with Crippen LogP contribution in [0.15, 0.2) is 36.4 Å². The summed E-state index contributed by atoms with van der Waals surface area (Å²) in [5.74, 6) is -1.08. The maximum Gasteiger partial charge on any atom is 0.407 e. The highest BCUT2D eigenvalue weighted by atomic mass is 16.5. The zero-order chi connectivity index (χ0) is 31.1. The second-order valence-electron chi connectivity index (χ2n) is 10.7. The van der Waals surface area contributed by atoms with Crippen molar-refractivity contribution in [3.63, 3.8) is 0 Å². The van der Waals surface area contributed by atoms with E-state index in [2.05, 4.69) is 25.7 Å². The highest BCUT2D eigenvalue weighted by Gasteiger charge is 2.25. The molecule has 2 amide bonds. The minimum atomic E-state index is -0.984. The van der Waals surface area contributed by atoms with Gasteiger partial charge in [-0.15, -0.1) is 10.2 Å². The van der Waals surface area contributed by atoms with Gasteiger partial charge in [0.2, 0.25) is 5.82 Å². The number of carbonyl (C=O) groups excluding carboxylic acids is 2. The Morgan fingerprint density at radius 2 is 1.67 bits per heavy atom. The van der Waals surface area contributed by atoms with Crippen molar-refractivity contribution in [1.29, 1.82) is 0 Å². The molecule has 43 heavy (non-hydrogen) atoms. The Labute approximate surface area is 249 Å². The first-order valence-corrected chi connectivity index (χ1v) is 14.4. The van der Waals surface area contributed by atoms with E-state index in [9.17, 15) is 24.6 Å². The number of nitrogens with one attached hydrogen (secondary N) is 2. The highest BCUT2D eigenvalue weighted by molar-refractivity contribution is 5.92. The number of ether oxygens (including phenoxy) is 1. The smallest absolute Gasteiger partial charge is 0.407 e. The van der Waals surface area contributed by atoms with Gasteiger partial charge in [-0.1, -0.05) is 13.8 Å². The molecule has 13 nitrogen and oxygen atoms in total. The predicted molar refractivity (Wildman–Crippen MR) is 159 cm³/mol. The lowest BCUT2D eigenvalue weighted by molar-refractivity contribution is -0.136. The molecule has 1 aliphatic heterocycles. The third-order valence-corrected chi connectivity index (χ3v) is 7.36. The Kier molecular flexibility index (Phi) is 10.1. The average molecular weight is 595 g/mol. The van der Waals surface area contributed by atoms with E-state index in [1.807, 2.05) is 45.0 Å². The van der Waals surface area contributed by atoms with Crippen LogP contribution in [0.2, 0.25) is 0 Å². The molecule has 0 saturated carbocycles. The zero-order valence-electron chi connectivity index (χ0n) is 24.5. The molecule has 0 atom stereocenters. The van der Waals surface area contributed by atoms with Crippen molar-refractivity contribution in [1.82, 2.24) is 25.4 Å². The summed E-state index contributed by atoms with van der Waals surface area (Å²) in [7, 11) is 0. The number of phenols is 2. The van der Waals surface area contributed by atoms with Gasteiger partial charge in [-0.05, 0) is 67.5 Å². The monoisotopic (exact) mass is 594 g/mol. The second-order valence-corrected chi connectivity index (χ2v) is 10.7. The Balaban J connectivity index is 1.50. The fourth-order valence-corrected chi connectivity index (χ4v) is 5.01.